The second kappa shape index (κ2) is 8.54. The normalized spacial score (nSPS) is 13.6. The van der Waals surface area contributed by atoms with Crippen molar-refractivity contribution in [1.29, 1.82) is 0 Å². The van der Waals surface area contributed by atoms with Crippen LogP contribution in [0.15, 0.2) is 24.3 Å². The van der Waals surface area contributed by atoms with Gasteiger partial charge in [0.25, 0.3) is 0 Å². The molecule has 0 amide bonds. The van der Waals surface area contributed by atoms with Gasteiger partial charge in [0.2, 0.25) is 0 Å². The Morgan fingerprint density at radius 1 is 1.14 bits per heavy atom. The van der Waals surface area contributed by atoms with Crippen LogP contribution in [0, 0.1) is 12.8 Å². The molecule has 0 saturated carbocycles. The van der Waals surface area contributed by atoms with Crippen LogP contribution in [-0.4, -0.2) is 33.5 Å². The van der Waals surface area contributed by atoms with E-state index in [2.05, 4.69) is 44.3 Å². The first-order chi connectivity index (χ1) is 9.79. The molecule has 1 atom stereocenters. The lowest BCUT2D eigenvalue weighted by Crippen LogP contribution is -2.26. The summed E-state index contributed by atoms with van der Waals surface area (Å²) in [6.45, 7) is 8.42. The van der Waals surface area contributed by atoms with E-state index in [0.717, 1.165) is 25.9 Å². The summed E-state index contributed by atoms with van der Waals surface area (Å²) >= 11 is 0. The van der Waals surface area contributed by atoms with E-state index in [1.807, 2.05) is 6.07 Å². The van der Waals surface area contributed by atoms with Gasteiger partial charge in [0, 0.05) is 18.6 Å². The van der Waals surface area contributed by atoms with Crippen LogP contribution < -0.4 is 5.32 Å². The maximum atomic E-state index is 11.3. The average Bonchev–Trinajstić information content (AvgIpc) is 2.36. The number of hydrogen-bond acceptors (Lipinski definition) is 3. The van der Waals surface area contributed by atoms with Gasteiger partial charge in [-0.25, -0.2) is 8.42 Å². The fraction of sp³-hybridized carbons (Fsp3) is 0.647. The zero-order valence-corrected chi connectivity index (χ0v) is 14.5. The third-order valence-electron chi connectivity index (χ3n) is 3.64. The topological polar surface area (TPSA) is 46.2 Å². The van der Waals surface area contributed by atoms with Crippen molar-refractivity contribution in [2.45, 2.75) is 39.5 Å². The molecule has 0 radical (unpaired) electrons. The summed E-state index contributed by atoms with van der Waals surface area (Å²) in [5.41, 5.74) is 2.62. The molecule has 1 unspecified atom stereocenters. The van der Waals surface area contributed by atoms with Gasteiger partial charge in [-0.15, -0.1) is 0 Å². The average molecular weight is 311 g/mol. The van der Waals surface area contributed by atoms with E-state index < -0.39 is 9.84 Å². The summed E-state index contributed by atoms with van der Waals surface area (Å²) in [7, 11) is -2.87. The van der Waals surface area contributed by atoms with E-state index in [1.54, 1.807) is 0 Å². The van der Waals surface area contributed by atoms with E-state index in [0.29, 0.717) is 11.8 Å². The van der Waals surface area contributed by atoms with E-state index in [1.165, 1.54) is 17.4 Å². The van der Waals surface area contributed by atoms with Crippen LogP contribution in [0.3, 0.4) is 0 Å². The van der Waals surface area contributed by atoms with E-state index in [-0.39, 0.29) is 5.75 Å². The molecule has 1 aromatic carbocycles. The lowest BCUT2D eigenvalue weighted by atomic mass is 9.91. The van der Waals surface area contributed by atoms with Gasteiger partial charge >= 0.3 is 0 Å². The molecule has 1 N–H and O–H groups in total. The van der Waals surface area contributed by atoms with Gasteiger partial charge in [0.15, 0.2) is 0 Å². The van der Waals surface area contributed by atoms with Crippen molar-refractivity contribution < 1.29 is 8.42 Å². The second-order valence-corrected chi connectivity index (χ2v) is 8.64. The van der Waals surface area contributed by atoms with Crippen LogP contribution in [-0.2, 0) is 9.84 Å². The standard InChI is InChI=1S/C17H29NO2S/c1-14(2)12-18-13-16(9-7-11-21(4,19)20)17-10-6-5-8-15(17)3/h5-6,8,10,14,16,18H,7,9,11-13H2,1-4H3. The Morgan fingerprint density at radius 3 is 2.38 bits per heavy atom. The molecule has 120 valence electrons. The Morgan fingerprint density at radius 2 is 1.81 bits per heavy atom. The maximum absolute atomic E-state index is 11.3. The van der Waals surface area contributed by atoms with Crippen LogP contribution in [0.4, 0.5) is 0 Å². The molecule has 4 heteroatoms. The molecule has 0 saturated heterocycles. The predicted octanol–water partition coefficient (Wildman–Crippen LogP) is 3.15. The largest absolute Gasteiger partial charge is 0.316 e. The summed E-state index contributed by atoms with van der Waals surface area (Å²) in [5.74, 6) is 1.28. The third kappa shape index (κ3) is 7.63. The monoisotopic (exact) mass is 311 g/mol. The molecule has 0 aliphatic carbocycles. The van der Waals surface area contributed by atoms with Gasteiger partial charge in [-0.2, -0.15) is 0 Å². The van der Waals surface area contributed by atoms with Crippen molar-refractivity contribution in [2.75, 3.05) is 25.1 Å². The van der Waals surface area contributed by atoms with Crippen LogP contribution >= 0.6 is 0 Å². The lowest BCUT2D eigenvalue weighted by Gasteiger charge is -2.20. The van der Waals surface area contributed by atoms with Gasteiger partial charge in [0.05, 0.1) is 0 Å². The zero-order chi connectivity index (χ0) is 15.9. The van der Waals surface area contributed by atoms with Crippen molar-refractivity contribution in [3.8, 4) is 0 Å². The smallest absolute Gasteiger partial charge is 0.147 e. The molecule has 0 aliphatic heterocycles. The summed E-state index contributed by atoms with van der Waals surface area (Å²) in [6.07, 6.45) is 2.94. The summed E-state index contributed by atoms with van der Waals surface area (Å²) < 4.78 is 22.6. The van der Waals surface area contributed by atoms with Crippen molar-refractivity contribution in [3.63, 3.8) is 0 Å². The molecule has 3 nitrogen and oxygen atoms in total. The van der Waals surface area contributed by atoms with Crippen LogP contribution in [0.5, 0.6) is 0 Å². The fourth-order valence-corrected chi connectivity index (χ4v) is 3.24. The highest BCUT2D eigenvalue weighted by molar-refractivity contribution is 7.90. The third-order valence-corrected chi connectivity index (χ3v) is 4.67. The minimum absolute atomic E-state index is 0.277. The molecule has 0 spiro atoms. The summed E-state index contributed by atoms with van der Waals surface area (Å²) in [5, 5.41) is 3.51. The molecule has 1 aromatic rings. The van der Waals surface area contributed by atoms with E-state index in [4.69, 9.17) is 0 Å². The van der Waals surface area contributed by atoms with Gasteiger partial charge in [-0.3, -0.25) is 0 Å². The zero-order valence-electron chi connectivity index (χ0n) is 13.7. The number of rotatable bonds is 9. The van der Waals surface area contributed by atoms with E-state index in [9.17, 15) is 8.42 Å². The molecule has 21 heavy (non-hydrogen) atoms. The number of sulfone groups is 1. The highest BCUT2D eigenvalue weighted by Crippen LogP contribution is 2.24. The summed E-state index contributed by atoms with van der Waals surface area (Å²) in [6, 6.07) is 8.40. The Kier molecular flexibility index (Phi) is 7.40. The lowest BCUT2D eigenvalue weighted by molar-refractivity contribution is 0.496. The van der Waals surface area contributed by atoms with Gasteiger partial charge in [0.1, 0.15) is 9.84 Å². The number of nitrogens with one attached hydrogen (secondary N) is 1. The number of aryl methyl sites for hydroxylation is 1. The molecule has 0 fully saturated rings. The van der Waals surface area contributed by atoms with Crippen molar-refractivity contribution in [2.24, 2.45) is 5.92 Å². The van der Waals surface area contributed by atoms with Crippen LogP contribution in [0.2, 0.25) is 0 Å². The quantitative estimate of drug-likeness (QED) is 0.762. The van der Waals surface area contributed by atoms with Gasteiger partial charge < -0.3 is 5.32 Å². The fourth-order valence-electron chi connectivity index (χ4n) is 2.55. The molecule has 1 rings (SSSR count). The van der Waals surface area contributed by atoms with Gasteiger partial charge in [-0.1, -0.05) is 38.1 Å². The molecule has 0 aliphatic rings. The number of hydrogen-bond donors (Lipinski definition) is 1. The maximum Gasteiger partial charge on any atom is 0.147 e. The first kappa shape index (κ1) is 18.2. The minimum Gasteiger partial charge on any atom is -0.316 e. The molecule has 0 bridgehead atoms. The van der Waals surface area contributed by atoms with E-state index >= 15 is 0 Å². The molecular weight excluding hydrogens is 282 g/mol. The van der Waals surface area contributed by atoms with Crippen LogP contribution in [0.25, 0.3) is 0 Å². The number of benzene rings is 1. The van der Waals surface area contributed by atoms with Crippen molar-refractivity contribution in [1.82, 2.24) is 5.32 Å². The molecular formula is C17H29NO2S. The Bertz CT molecular complexity index is 523. The highest BCUT2D eigenvalue weighted by atomic mass is 32.2. The minimum atomic E-state index is -2.87. The van der Waals surface area contributed by atoms with Crippen molar-refractivity contribution in [3.05, 3.63) is 35.4 Å². The van der Waals surface area contributed by atoms with Crippen LogP contribution in [0.1, 0.15) is 43.7 Å². The Balaban J connectivity index is 2.68. The van der Waals surface area contributed by atoms with Gasteiger partial charge in [-0.05, 0) is 49.3 Å². The summed E-state index contributed by atoms with van der Waals surface area (Å²) in [4.78, 5) is 0. The SMILES string of the molecule is Cc1ccccc1C(CCCS(C)(=O)=O)CNCC(C)C. The highest BCUT2D eigenvalue weighted by Gasteiger charge is 2.14. The Labute approximate surface area is 130 Å². The second-order valence-electron chi connectivity index (χ2n) is 6.38. The first-order valence-electron chi connectivity index (χ1n) is 7.73. The molecule has 0 heterocycles. The first-order valence-corrected chi connectivity index (χ1v) is 9.79. The van der Waals surface area contributed by atoms with Crippen molar-refractivity contribution >= 4 is 9.84 Å². The predicted molar refractivity (Wildman–Crippen MR) is 90.6 cm³/mol. The Hall–Kier alpha value is -0.870. The molecule has 0 aromatic heterocycles.